The van der Waals surface area contributed by atoms with E-state index in [2.05, 4.69) is 0 Å². The molecule has 0 aliphatic carbocycles. The second-order valence-corrected chi connectivity index (χ2v) is 6.38. The van der Waals surface area contributed by atoms with Crippen molar-refractivity contribution in [3.63, 3.8) is 0 Å². The van der Waals surface area contributed by atoms with Gasteiger partial charge in [-0.2, -0.15) is 0 Å². The predicted octanol–water partition coefficient (Wildman–Crippen LogP) is 2.91. The van der Waals surface area contributed by atoms with Crippen LogP contribution in [-0.4, -0.2) is 40.1 Å². The Morgan fingerprint density at radius 2 is 1.92 bits per heavy atom. The summed E-state index contributed by atoms with van der Waals surface area (Å²) >= 11 is 0. The third kappa shape index (κ3) is 4.14. The molecule has 136 valence electrons. The van der Waals surface area contributed by atoms with Crippen molar-refractivity contribution in [3.8, 4) is 11.5 Å². The van der Waals surface area contributed by atoms with Crippen molar-refractivity contribution < 1.29 is 24.5 Å². The highest BCUT2D eigenvalue weighted by Crippen LogP contribution is 2.27. The molecule has 0 bridgehead atoms. The number of aromatic hydroxyl groups is 1. The molecule has 1 amide bonds. The van der Waals surface area contributed by atoms with Crippen LogP contribution in [0.4, 0.5) is 0 Å². The monoisotopic (exact) mass is 355 g/mol. The van der Waals surface area contributed by atoms with Crippen molar-refractivity contribution >= 4 is 11.9 Å². The van der Waals surface area contributed by atoms with Gasteiger partial charge in [0.1, 0.15) is 18.1 Å². The average molecular weight is 355 g/mol. The minimum absolute atomic E-state index is 0.126. The molecule has 1 heterocycles. The number of hydrogen-bond acceptors (Lipinski definition) is 4. The Bertz CT molecular complexity index is 790. The number of carbonyl (C=O) groups is 2. The maximum absolute atomic E-state index is 12.7. The number of carboxylic acids is 1. The summed E-state index contributed by atoms with van der Waals surface area (Å²) in [6.07, 6.45) is 1.19. The number of hydrogen-bond donors (Lipinski definition) is 2. The van der Waals surface area contributed by atoms with Gasteiger partial charge in [-0.05, 0) is 36.6 Å². The molecular formula is C20H21NO5. The molecule has 1 unspecified atom stereocenters. The molecule has 0 spiro atoms. The highest BCUT2D eigenvalue weighted by atomic mass is 16.5. The molecule has 1 aliphatic heterocycles. The van der Waals surface area contributed by atoms with Gasteiger partial charge in [0.2, 0.25) is 0 Å². The number of nitrogens with zero attached hydrogens (tertiary/aromatic N) is 1. The first-order valence-corrected chi connectivity index (χ1v) is 8.56. The van der Waals surface area contributed by atoms with Gasteiger partial charge in [0.15, 0.2) is 0 Å². The fourth-order valence-corrected chi connectivity index (χ4v) is 3.05. The number of phenols is 1. The molecule has 1 fully saturated rings. The quantitative estimate of drug-likeness (QED) is 0.861. The zero-order valence-electron chi connectivity index (χ0n) is 14.3. The van der Waals surface area contributed by atoms with E-state index in [0.717, 1.165) is 5.56 Å². The summed E-state index contributed by atoms with van der Waals surface area (Å²) in [5.74, 6) is -1.50. The van der Waals surface area contributed by atoms with E-state index in [4.69, 9.17) is 4.74 Å². The van der Waals surface area contributed by atoms with Gasteiger partial charge in [-0.15, -0.1) is 0 Å². The standard InChI is InChI=1S/C20H21NO5/c22-18-9-8-16(26-13-14-5-2-1-3-6-14)11-17(18)19(23)21-10-4-7-15(12-21)20(24)25/h1-3,5-6,8-9,11,15,22H,4,7,10,12-13H2,(H,24,25). The molecule has 2 aromatic carbocycles. The Balaban J connectivity index is 1.72. The van der Waals surface area contributed by atoms with E-state index in [9.17, 15) is 19.8 Å². The van der Waals surface area contributed by atoms with Crippen LogP contribution in [0.2, 0.25) is 0 Å². The average Bonchev–Trinajstić information content (AvgIpc) is 2.67. The zero-order valence-corrected chi connectivity index (χ0v) is 14.3. The van der Waals surface area contributed by atoms with E-state index >= 15 is 0 Å². The smallest absolute Gasteiger partial charge is 0.308 e. The summed E-state index contributed by atoms with van der Waals surface area (Å²) in [5.41, 5.74) is 1.12. The number of phenolic OH excluding ortho intramolecular Hbond substituents is 1. The van der Waals surface area contributed by atoms with Crippen LogP contribution in [-0.2, 0) is 11.4 Å². The van der Waals surface area contributed by atoms with Gasteiger partial charge in [-0.25, -0.2) is 0 Å². The number of rotatable bonds is 5. The lowest BCUT2D eigenvalue weighted by atomic mass is 9.97. The van der Waals surface area contributed by atoms with Gasteiger partial charge < -0.3 is 19.8 Å². The maximum atomic E-state index is 12.7. The first kappa shape index (κ1) is 17.8. The molecule has 26 heavy (non-hydrogen) atoms. The third-order valence-corrected chi connectivity index (χ3v) is 4.50. The molecule has 1 saturated heterocycles. The van der Waals surface area contributed by atoms with Crippen LogP contribution in [0.15, 0.2) is 48.5 Å². The highest BCUT2D eigenvalue weighted by Gasteiger charge is 2.29. The maximum Gasteiger partial charge on any atom is 0.308 e. The Labute approximate surface area is 151 Å². The van der Waals surface area contributed by atoms with Crippen molar-refractivity contribution in [2.75, 3.05) is 13.1 Å². The lowest BCUT2D eigenvalue weighted by Gasteiger charge is -2.31. The summed E-state index contributed by atoms with van der Waals surface area (Å²) in [4.78, 5) is 25.4. The molecule has 0 saturated carbocycles. The minimum atomic E-state index is -0.897. The summed E-state index contributed by atoms with van der Waals surface area (Å²) in [5, 5.41) is 19.3. The van der Waals surface area contributed by atoms with Crippen LogP contribution >= 0.6 is 0 Å². The van der Waals surface area contributed by atoms with Crippen LogP contribution in [0.3, 0.4) is 0 Å². The van der Waals surface area contributed by atoms with Crippen molar-refractivity contribution in [2.24, 2.45) is 5.92 Å². The Kier molecular flexibility index (Phi) is 5.41. The van der Waals surface area contributed by atoms with Crippen molar-refractivity contribution in [3.05, 3.63) is 59.7 Å². The van der Waals surface area contributed by atoms with Gasteiger partial charge in [0.25, 0.3) is 5.91 Å². The van der Waals surface area contributed by atoms with E-state index in [1.807, 2.05) is 30.3 Å². The fraction of sp³-hybridized carbons (Fsp3) is 0.300. The van der Waals surface area contributed by atoms with E-state index in [0.29, 0.717) is 31.7 Å². The first-order chi connectivity index (χ1) is 12.5. The number of carbonyl (C=O) groups excluding carboxylic acids is 1. The summed E-state index contributed by atoms with van der Waals surface area (Å²) < 4.78 is 5.71. The van der Waals surface area contributed by atoms with Crippen LogP contribution in [0.1, 0.15) is 28.8 Å². The van der Waals surface area contributed by atoms with Gasteiger partial charge in [-0.1, -0.05) is 30.3 Å². The Morgan fingerprint density at radius 1 is 1.15 bits per heavy atom. The molecule has 6 nitrogen and oxygen atoms in total. The Morgan fingerprint density at radius 3 is 2.65 bits per heavy atom. The van der Waals surface area contributed by atoms with E-state index < -0.39 is 11.9 Å². The number of carboxylic acid groups (broad SMARTS) is 1. The van der Waals surface area contributed by atoms with Gasteiger partial charge in [-0.3, -0.25) is 9.59 Å². The molecule has 2 N–H and O–H groups in total. The largest absolute Gasteiger partial charge is 0.507 e. The van der Waals surface area contributed by atoms with Crippen LogP contribution < -0.4 is 4.74 Å². The summed E-state index contributed by atoms with van der Waals surface area (Å²) in [6.45, 7) is 0.990. The molecule has 6 heteroatoms. The number of likely N-dealkylation sites (tertiary alicyclic amines) is 1. The Hall–Kier alpha value is -3.02. The summed E-state index contributed by atoms with van der Waals surface area (Å²) in [6, 6.07) is 14.2. The molecule has 1 atom stereocenters. The number of amides is 1. The van der Waals surface area contributed by atoms with Gasteiger partial charge in [0, 0.05) is 13.1 Å². The fourth-order valence-electron chi connectivity index (χ4n) is 3.05. The van der Waals surface area contributed by atoms with E-state index in [-0.39, 0.29) is 23.8 Å². The number of piperidine rings is 1. The molecule has 3 rings (SSSR count). The predicted molar refractivity (Wildman–Crippen MR) is 95.1 cm³/mol. The second-order valence-electron chi connectivity index (χ2n) is 6.38. The van der Waals surface area contributed by atoms with Crippen molar-refractivity contribution in [1.29, 1.82) is 0 Å². The van der Waals surface area contributed by atoms with Crippen LogP contribution in [0.5, 0.6) is 11.5 Å². The first-order valence-electron chi connectivity index (χ1n) is 8.56. The van der Waals surface area contributed by atoms with E-state index in [1.54, 1.807) is 6.07 Å². The zero-order chi connectivity index (χ0) is 18.5. The molecule has 2 aromatic rings. The molecule has 0 radical (unpaired) electrons. The number of aliphatic carboxylic acids is 1. The second kappa shape index (κ2) is 7.91. The van der Waals surface area contributed by atoms with Gasteiger partial charge >= 0.3 is 5.97 Å². The summed E-state index contributed by atoms with van der Waals surface area (Å²) in [7, 11) is 0. The highest BCUT2D eigenvalue weighted by molar-refractivity contribution is 5.97. The normalized spacial score (nSPS) is 16.9. The lowest BCUT2D eigenvalue weighted by molar-refractivity contribution is -0.143. The van der Waals surface area contributed by atoms with Crippen LogP contribution in [0, 0.1) is 5.92 Å². The number of ether oxygens (including phenoxy) is 1. The molecular weight excluding hydrogens is 334 g/mol. The van der Waals surface area contributed by atoms with Crippen molar-refractivity contribution in [2.45, 2.75) is 19.4 Å². The van der Waals surface area contributed by atoms with Crippen LogP contribution in [0.25, 0.3) is 0 Å². The SMILES string of the molecule is O=C(O)C1CCCN(C(=O)c2cc(OCc3ccccc3)ccc2O)C1. The topological polar surface area (TPSA) is 87.1 Å². The number of benzene rings is 2. The van der Waals surface area contributed by atoms with E-state index in [1.165, 1.54) is 17.0 Å². The lowest BCUT2D eigenvalue weighted by Crippen LogP contribution is -2.42. The minimum Gasteiger partial charge on any atom is -0.507 e. The molecule has 1 aliphatic rings. The molecule has 0 aromatic heterocycles. The van der Waals surface area contributed by atoms with Gasteiger partial charge in [0.05, 0.1) is 11.5 Å². The third-order valence-electron chi connectivity index (χ3n) is 4.50. The van der Waals surface area contributed by atoms with Crippen molar-refractivity contribution in [1.82, 2.24) is 4.90 Å².